The van der Waals surface area contributed by atoms with Crippen molar-refractivity contribution in [2.45, 2.75) is 0 Å². The van der Waals surface area contributed by atoms with Crippen LogP contribution in [0.1, 0.15) is 0 Å². The third-order valence-electron chi connectivity index (χ3n) is 1.25. The lowest BCUT2D eigenvalue weighted by atomic mass is 10.4. The van der Waals surface area contributed by atoms with Gasteiger partial charge in [-0.25, -0.2) is 4.98 Å². The van der Waals surface area contributed by atoms with Gasteiger partial charge in [-0.05, 0) is 5.21 Å². The molecule has 6 heteroatoms. The first kappa shape index (κ1) is 6.84. The molecule has 2 heterocycles. The summed E-state index contributed by atoms with van der Waals surface area (Å²) in [6, 6.07) is 0. The maximum absolute atomic E-state index is 3.99. The van der Waals surface area contributed by atoms with Crippen LogP contribution in [0.2, 0.25) is 0 Å². The van der Waals surface area contributed by atoms with Gasteiger partial charge in [-0.1, -0.05) is 0 Å². The molecule has 0 spiro atoms. The number of hydrogen-bond donors (Lipinski definition) is 0. The van der Waals surface area contributed by atoms with Crippen molar-refractivity contribution < 1.29 is 0 Å². The highest BCUT2D eigenvalue weighted by molar-refractivity contribution is 5.44. The Morgan fingerprint density at radius 3 is 2.83 bits per heavy atom. The maximum atomic E-state index is 3.99. The molecule has 6 nitrogen and oxygen atoms in total. The molecule has 0 N–H and O–H groups in total. The van der Waals surface area contributed by atoms with Gasteiger partial charge in [0, 0.05) is 12.4 Å². The number of rotatable bonds is 1. The van der Waals surface area contributed by atoms with Gasteiger partial charge >= 0.3 is 0 Å². The van der Waals surface area contributed by atoms with Gasteiger partial charge in [-0.2, -0.15) is 4.80 Å². The van der Waals surface area contributed by atoms with Gasteiger partial charge in [0.25, 0.3) is 0 Å². The number of aromatic nitrogens is 6. The van der Waals surface area contributed by atoms with Crippen molar-refractivity contribution in [2.24, 2.45) is 0 Å². The summed E-state index contributed by atoms with van der Waals surface area (Å²) in [4.78, 5) is 8.99. The zero-order chi connectivity index (χ0) is 8.39. The number of tetrazole rings is 1. The Kier molecular flexibility index (Phi) is 1.51. The van der Waals surface area contributed by atoms with E-state index < -0.39 is 0 Å². The predicted molar refractivity (Wildman–Crippen MR) is 39.6 cm³/mol. The Labute approximate surface area is 68.3 Å². The van der Waals surface area contributed by atoms with Crippen molar-refractivity contribution in [3.63, 3.8) is 0 Å². The first-order valence-corrected chi connectivity index (χ1v) is 3.23. The molecular weight excluding hydrogens is 156 g/mol. The van der Waals surface area contributed by atoms with E-state index in [2.05, 4.69) is 32.4 Å². The average molecular weight is 161 g/mol. The fraction of sp³-hybridized carbons (Fsp3) is 0. The molecule has 0 aliphatic carbocycles. The quantitative estimate of drug-likeness (QED) is 0.577. The fourth-order valence-corrected chi connectivity index (χ4v) is 0.760. The highest BCUT2D eigenvalue weighted by Crippen LogP contribution is 2.05. The van der Waals surface area contributed by atoms with Crippen molar-refractivity contribution in [3.8, 4) is 11.5 Å². The number of hydrogen-bond acceptors (Lipinski definition) is 5. The lowest BCUT2D eigenvalue weighted by Gasteiger charge is -1.88. The van der Waals surface area contributed by atoms with Crippen LogP contribution in [0, 0.1) is 7.05 Å². The van der Waals surface area contributed by atoms with Crippen molar-refractivity contribution in [3.05, 3.63) is 25.6 Å². The topological polar surface area (TPSA) is 69.4 Å². The van der Waals surface area contributed by atoms with Crippen LogP contribution in [0.5, 0.6) is 0 Å². The molecule has 2 aromatic heterocycles. The first-order valence-electron chi connectivity index (χ1n) is 3.23. The second-order valence-corrected chi connectivity index (χ2v) is 2.08. The van der Waals surface area contributed by atoms with Gasteiger partial charge in [0.2, 0.25) is 5.82 Å². The van der Waals surface area contributed by atoms with Crippen LogP contribution in [0.15, 0.2) is 18.6 Å². The van der Waals surface area contributed by atoms with Crippen molar-refractivity contribution in [1.82, 2.24) is 30.2 Å². The summed E-state index contributed by atoms with van der Waals surface area (Å²) in [5, 5.41) is 11.2. The van der Waals surface area contributed by atoms with Crippen molar-refractivity contribution in [1.29, 1.82) is 0 Å². The van der Waals surface area contributed by atoms with Gasteiger partial charge in [0.1, 0.15) is 5.69 Å². The van der Waals surface area contributed by atoms with Gasteiger partial charge in [-0.15, -0.1) is 10.2 Å². The Morgan fingerprint density at radius 1 is 1.33 bits per heavy atom. The molecule has 1 radical (unpaired) electrons. The van der Waals surface area contributed by atoms with E-state index in [1.54, 1.807) is 18.6 Å². The van der Waals surface area contributed by atoms with Crippen LogP contribution >= 0.6 is 0 Å². The second-order valence-electron chi connectivity index (χ2n) is 2.08. The van der Waals surface area contributed by atoms with E-state index in [-0.39, 0.29) is 0 Å². The van der Waals surface area contributed by atoms with Gasteiger partial charge in [-0.3, -0.25) is 4.98 Å². The maximum Gasteiger partial charge on any atom is 0.224 e. The van der Waals surface area contributed by atoms with E-state index in [0.717, 1.165) is 4.80 Å². The lowest BCUT2D eigenvalue weighted by Crippen LogP contribution is -1.90. The third-order valence-corrected chi connectivity index (χ3v) is 1.25. The molecule has 0 fully saturated rings. The highest BCUT2D eigenvalue weighted by atomic mass is 15.6. The minimum atomic E-state index is 0.429. The standard InChI is InChI=1S/C6H5N6/c1-12-10-6(9-11-12)5-4-7-2-3-8-5/h2-4H,1H2. The van der Waals surface area contributed by atoms with Crippen LogP contribution in [0.25, 0.3) is 11.5 Å². The Bertz CT molecular complexity index is 367. The predicted octanol–water partition coefficient (Wildman–Crippen LogP) is -0.230. The van der Waals surface area contributed by atoms with Crippen LogP contribution in [-0.4, -0.2) is 30.2 Å². The van der Waals surface area contributed by atoms with Crippen LogP contribution in [0.3, 0.4) is 0 Å². The monoisotopic (exact) mass is 161 g/mol. The summed E-state index contributed by atoms with van der Waals surface area (Å²) in [6.45, 7) is 0. The molecule has 0 aliphatic rings. The summed E-state index contributed by atoms with van der Waals surface area (Å²) in [7, 11) is 3.45. The molecule has 0 atom stereocenters. The van der Waals surface area contributed by atoms with Crippen molar-refractivity contribution >= 4 is 0 Å². The molecule has 2 aromatic rings. The molecule has 0 unspecified atom stereocenters. The normalized spacial score (nSPS) is 10.1. The van der Waals surface area contributed by atoms with E-state index in [0.29, 0.717) is 11.5 Å². The second kappa shape index (κ2) is 2.65. The fourth-order valence-electron chi connectivity index (χ4n) is 0.760. The number of nitrogens with zero attached hydrogens (tertiary/aromatic N) is 6. The molecule has 59 valence electrons. The Morgan fingerprint density at radius 2 is 2.25 bits per heavy atom. The van der Waals surface area contributed by atoms with Gasteiger partial charge in [0.15, 0.2) is 0 Å². The van der Waals surface area contributed by atoms with E-state index in [9.17, 15) is 0 Å². The van der Waals surface area contributed by atoms with E-state index in [1.807, 2.05) is 0 Å². The molecule has 2 rings (SSSR count). The molecule has 0 saturated heterocycles. The zero-order valence-electron chi connectivity index (χ0n) is 6.12. The molecule has 0 aromatic carbocycles. The zero-order valence-corrected chi connectivity index (χ0v) is 6.12. The Hall–Kier alpha value is -1.85. The molecule has 0 bridgehead atoms. The molecule has 0 amide bonds. The minimum Gasteiger partial charge on any atom is -0.261 e. The smallest absolute Gasteiger partial charge is 0.224 e. The largest absolute Gasteiger partial charge is 0.261 e. The van der Waals surface area contributed by atoms with Crippen LogP contribution < -0.4 is 0 Å². The van der Waals surface area contributed by atoms with Gasteiger partial charge in [0.05, 0.1) is 13.2 Å². The molecule has 0 saturated carbocycles. The molecular formula is C6H5N6. The first-order chi connectivity index (χ1) is 5.86. The van der Waals surface area contributed by atoms with Crippen LogP contribution in [-0.2, 0) is 0 Å². The SMILES string of the molecule is [CH2]n1nnc(-c2cnccn2)n1. The summed E-state index contributed by atoms with van der Waals surface area (Å²) in [5.41, 5.74) is 0.590. The van der Waals surface area contributed by atoms with E-state index in [1.165, 1.54) is 0 Å². The summed E-state index contributed by atoms with van der Waals surface area (Å²) < 4.78 is 0. The summed E-state index contributed by atoms with van der Waals surface area (Å²) in [5.74, 6) is 0.429. The minimum absolute atomic E-state index is 0.429. The average Bonchev–Trinajstić information content (AvgIpc) is 2.54. The van der Waals surface area contributed by atoms with Gasteiger partial charge < -0.3 is 0 Å². The summed E-state index contributed by atoms with van der Waals surface area (Å²) in [6.07, 6.45) is 4.72. The van der Waals surface area contributed by atoms with Crippen LogP contribution in [0.4, 0.5) is 0 Å². The summed E-state index contributed by atoms with van der Waals surface area (Å²) >= 11 is 0. The van der Waals surface area contributed by atoms with E-state index in [4.69, 9.17) is 0 Å². The van der Waals surface area contributed by atoms with Crippen molar-refractivity contribution in [2.75, 3.05) is 0 Å². The Balaban J connectivity index is 2.45. The lowest BCUT2D eigenvalue weighted by molar-refractivity contribution is 0.714. The third kappa shape index (κ3) is 1.14. The highest BCUT2D eigenvalue weighted by Gasteiger charge is 2.03. The van der Waals surface area contributed by atoms with E-state index >= 15 is 0 Å². The molecule has 12 heavy (non-hydrogen) atoms. The molecule has 0 aliphatic heterocycles.